The lowest BCUT2D eigenvalue weighted by Crippen LogP contribution is -2.13. The Balaban J connectivity index is 2.54. The standard InChI is InChI=1S/C8H7N3OS/c9-7(12)4-5-2-1-3-6-8(5)11-13-10-6/h1-3H,4H2,(H2,9,12). The van der Waals surface area contributed by atoms with Gasteiger partial charge in [-0.3, -0.25) is 4.79 Å². The predicted molar refractivity (Wildman–Crippen MR) is 50.3 cm³/mol. The molecule has 1 aromatic heterocycles. The van der Waals surface area contributed by atoms with Gasteiger partial charge in [0.05, 0.1) is 18.1 Å². The number of primary amides is 1. The number of hydrogen-bond donors (Lipinski definition) is 1. The van der Waals surface area contributed by atoms with Gasteiger partial charge in [-0.25, -0.2) is 0 Å². The van der Waals surface area contributed by atoms with Gasteiger partial charge in [0.2, 0.25) is 5.91 Å². The van der Waals surface area contributed by atoms with Crippen molar-refractivity contribution in [2.45, 2.75) is 6.42 Å². The lowest BCUT2D eigenvalue weighted by atomic mass is 10.1. The van der Waals surface area contributed by atoms with E-state index in [1.165, 1.54) is 0 Å². The topological polar surface area (TPSA) is 68.9 Å². The molecule has 66 valence electrons. The number of carbonyl (C=O) groups is 1. The third kappa shape index (κ3) is 1.50. The van der Waals surface area contributed by atoms with Gasteiger partial charge in [-0.2, -0.15) is 8.75 Å². The number of hydrogen-bond acceptors (Lipinski definition) is 4. The maximum Gasteiger partial charge on any atom is 0.221 e. The van der Waals surface area contributed by atoms with E-state index in [-0.39, 0.29) is 12.3 Å². The smallest absolute Gasteiger partial charge is 0.221 e. The molecule has 0 radical (unpaired) electrons. The van der Waals surface area contributed by atoms with E-state index in [9.17, 15) is 4.79 Å². The molecule has 0 fully saturated rings. The molecule has 0 saturated heterocycles. The van der Waals surface area contributed by atoms with Crippen LogP contribution in [0.3, 0.4) is 0 Å². The minimum atomic E-state index is -0.347. The Morgan fingerprint density at radius 2 is 2.31 bits per heavy atom. The second-order valence-electron chi connectivity index (χ2n) is 2.69. The van der Waals surface area contributed by atoms with E-state index >= 15 is 0 Å². The molecule has 0 aliphatic rings. The number of amides is 1. The predicted octanol–water partition coefficient (Wildman–Crippen LogP) is 0.719. The van der Waals surface area contributed by atoms with Gasteiger partial charge < -0.3 is 5.73 Å². The normalized spacial score (nSPS) is 10.5. The van der Waals surface area contributed by atoms with Crippen LogP contribution in [0, 0.1) is 0 Å². The highest BCUT2D eigenvalue weighted by Crippen LogP contribution is 2.16. The first-order valence-electron chi connectivity index (χ1n) is 3.76. The number of rotatable bonds is 2. The van der Waals surface area contributed by atoms with E-state index < -0.39 is 0 Å². The van der Waals surface area contributed by atoms with Gasteiger partial charge in [0.1, 0.15) is 11.0 Å². The van der Waals surface area contributed by atoms with E-state index in [1.807, 2.05) is 18.2 Å². The second kappa shape index (κ2) is 3.10. The highest BCUT2D eigenvalue weighted by molar-refractivity contribution is 7.00. The third-order valence-corrected chi connectivity index (χ3v) is 2.28. The van der Waals surface area contributed by atoms with Crippen LogP contribution < -0.4 is 5.73 Å². The Kier molecular flexibility index (Phi) is 1.94. The van der Waals surface area contributed by atoms with Crippen molar-refractivity contribution in [2.24, 2.45) is 5.73 Å². The van der Waals surface area contributed by atoms with Crippen LogP contribution in [0.25, 0.3) is 11.0 Å². The van der Waals surface area contributed by atoms with Crippen molar-refractivity contribution < 1.29 is 4.79 Å². The number of benzene rings is 1. The third-order valence-electron chi connectivity index (χ3n) is 1.73. The average molecular weight is 193 g/mol. The van der Waals surface area contributed by atoms with Crippen molar-refractivity contribution in [2.75, 3.05) is 0 Å². The van der Waals surface area contributed by atoms with Crippen molar-refractivity contribution in [3.8, 4) is 0 Å². The molecule has 0 atom stereocenters. The lowest BCUT2D eigenvalue weighted by Gasteiger charge is -1.96. The number of nitrogens with two attached hydrogens (primary N) is 1. The highest BCUT2D eigenvalue weighted by atomic mass is 32.1. The number of aromatic nitrogens is 2. The average Bonchev–Trinajstić information content (AvgIpc) is 2.51. The summed E-state index contributed by atoms with van der Waals surface area (Å²) in [5.74, 6) is -0.347. The largest absolute Gasteiger partial charge is 0.369 e. The molecule has 1 heterocycles. The summed E-state index contributed by atoms with van der Waals surface area (Å²) in [6.07, 6.45) is 0.225. The molecule has 13 heavy (non-hydrogen) atoms. The quantitative estimate of drug-likeness (QED) is 0.764. The summed E-state index contributed by atoms with van der Waals surface area (Å²) in [6, 6.07) is 5.56. The summed E-state index contributed by atoms with van der Waals surface area (Å²) in [7, 11) is 0. The van der Waals surface area contributed by atoms with Gasteiger partial charge in [0.25, 0.3) is 0 Å². The highest BCUT2D eigenvalue weighted by Gasteiger charge is 2.06. The van der Waals surface area contributed by atoms with Crippen molar-refractivity contribution in [3.63, 3.8) is 0 Å². The summed E-state index contributed by atoms with van der Waals surface area (Å²) >= 11 is 1.14. The molecule has 0 aliphatic heterocycles. The fourth-order valence-corrected chi connectivity index (χ4v) is 1.76. The zero-order valence-corrected chi connectivity index (χ0v) is 7.54. The minimum absolute atomic E-state index is 0.225. The maximum atomic E-state index is 10.7. The van der Waals surface area contributed by atoms with E-state index in [4.69, 9.17) is 5.73 Å². The van der Waals surface area contributed by atoms with E-state index in [0.717, 1.165) is 28.3 Å². The zero-order valence-electron chi connectivity index (χ0n) is 6.73. The molecule has 0 saturated carbocycles. The Labute approximate surface area is 78.7 Å². The first kappa shape index (κ1) is 8.12. The number of carbonyl (C=O) groups excluding carboxylic acids is 1. The molecule has 2 aromatic rings. The molecular formula is C8H7N3OS. The van der Waals surface area contributed by atoms with Crippen LogP contribution in [0.4, 0.5) is 0 Å². The molecule has 1 amide bonds. The molecule has 0 aliphatic carbocycles. The molecule has 2 N–H and O–H groups in total. The summed E-state index contributed by atoms with van der Waals surface area (Å²) in [6.45, 7) is 0. The monoisotopic (exact) mass is 193 g/mol. The summed E-state index contributed by atoms with van der Waals surface area (Å²) < 4.78 is 8.16. The van der Waals surface area contributed by atoms with Crippen molar-refractivity contribution >= 4 is 28.7 Å². The van der Waals surface area contributed by atoms with Crippen molar-refractivity contribution in [1.82, 2.24) is 8.75 Å². The van der Waals surface area contributed by atoms with Gasteiger partial charge in [-0.15, -0.1) is 0 Å². The second-order valence-corrected chi connectivity index (χ2v) is 3.22. The van der Waals surface area contributed by atoms with Gasteiger partial charge in [-0.05, 0) is 11.6 Å². The van der Waals surface area contributed by atoms with Gasteiger partial charge in [0.15, 0.2) is 0 Å². The first-order valence-corrected chi connectivity index (χ1v) is 4.49. The van der Waals surface area contributed by atoms with E-state index in [1.54, 1.807) is 0 Å². The van der Waals surface area contributed by atoms with Gasteiger partial charge in [0, 0.05) is 0 Å². The van der Waals surface area contributed by atoms with Crippen LogP contribution >= 0.6 is 11.7 Å². The van der Waals surface area contributed by atoms with Crippen LogP contribution in [0.1, 0.15) is 5.56 Å². The number of nitrogens with zero attached hydrogens (tertiary/aromatic N) is 2. The van der Waals surface area contributed by atoms with Crippen molar-refractivity contribution in [3.05, 3.63) is 23.8 Å². The van der Waals surface area contributed by atoms with Crippen LogP contribution in [0.5, 0.6) is 0 Å². The molecular weight excluding hydrogens is 186 g/mol. The van der Waals surface area contributed by atoms with E-state index in [2.05, 4.69) is 8.75 Å². The molecule has 1 aromatic carbocycles. The Bertz CT molecular complexity index is 451. The summed E-state index contributed by atoms with van der Waals surface area (Å²) in [5, 5.41) is 0. The maximum absolute atomic E-state index is 10.7. The Hall–Kier alpha value is -1.49. The van der Waals surface area contributed by atoms with Crippen LogP contribution in [0.15, 0.2) is 18.2 Å². The summed E-state index contributed by atoms with van der Waals surface area (Å²) in [5.41, 5.74) is 7.55. The SMILES string of the molecule is NC(=O)Cc1cccc2nsnc12. The van der Waals surface area contributed by atoms with Crippen molar-refractivity contribution in [1.29, 1.82) is 0 Å². The summed E-state index contributed by atoms with van der Waals surface area (Å²) in [4.78, 5) is 10.7. The fraction of sp³-hybridized carbons (Fsp3) is 0.125. The first-order chi connectivity index (χ1) is 6.27. The molecule has 0 spiro atoms. The van der Waals surface area contributed by atoms with Gasteiger partial charge in [-0.1, -0.05) is 12.1 Å². The molecule has 4 nitrogen and oxygen atoms in total. The van der Waals surface area contributed by atoms with Crippen LogP contribution in [0.2, 0.25) is 0 Å². The fourth-order valence-electron chi connectivity index (χ4n) is 1.19. The zero-order chi connectivity index (χ0) is 9.26. The minimum Gasteiger partial charge on any atom is -0.369 e. The molecule has 2 rings (SSSR count). The Morgan fingerprint density at radius 3 is 3.08 bits per heavy atom. The molecule has 5 heteroatoms. The number of fused-ring (bicyclic) bond motifs is 1. The lowest BCUT2D eigenvalue weighted by molar-refractivity contribution is -0.117. The van der Waals surface area contributed by atoms with E-state index in [0.29, 0.717) is 0 Å². The van der Waals surface area contributed by atoms with Gasteiger partial charge >= 0.3 is 0 Å². The Morgan fingerprint density at radius 1 is 1.46 bits per heavy atom. The molecule has 0 unspecified atom stereocenters. The van der Waals surface area contributed by atoms with Crippen LogP contribution in [-0.4, -0.2) is 14.7 Å². The molecule has 0 bridgehead atoms. The van der Waals surface area contributed by atoms with Crippen LogP contribution in [-0.2, 0) is 11.2 Å².